The van der Waals surface area contributed by atoms with Gasteiger partial charge in [-0.1, -0.05) is 29.8 Å². The summed E-state index contributed by atoms with van der Waals surface area (Å²) >= 11 is 6.12. The summed E-state index contributed by atoms with van der Waals surface area (Å²) < 4.78 is 38.2. The zero-order valence-electron chi connectivity index (χ0n) is 11.3. The van der Waals surface area contributed by atoms with E-state index in [0.29, 0.717) is 16.4 Å². The van der Waals surface area contributed by atoms with Crippen LogP contribution >= 0.6 is 24.0 Å². The molecule has 0 saturated heterocycles. The molecule has 2 nitrogen and oxygen atoms in total. The van der Waals surface area contributed by atoms with E-state index in [4.69, 9.17) is 17.3 Å². The molecular weight excluding hydrogens is 336 g/mol. The minimum absolute atomic E-state index is 0. The van der Waals surface area contributed by atoms with Crippen LogP contribution in [0, 0.1) is 0 Å². The molecule has 1 aliphatic carbocycles. The van der Waals surface area contributed by atoms with E-state index in [1.165, 1.54) is 6.07 Å². The first-order valence-electron chi connectivity index (χ1n) is 6.46. The van der Waals surface area contributed by atoms with Crippen molar-refractivity contribution >= 4 is 24.0 Å². The fraction of sp³-hybridized carbons (Fsp3) is 0.267. The SMILES string of the molecule is Cl.NC1CC1c1ccc(-c2cccc(C(F)(F)F)c2)nc1Cl. The molecule has 7 heteroatoms. The summed E-state index contributed by atoms with van der Waals surface area (Å²) in [5, 5.41) is 0.308. The minimum Gasteiger partial charge on any atom is -0.327 e. The third-order valence-corrected chi connectivity index (χ3v) is 3.91. The fourth-order valence-corrected chi connectivity index (χ4v) is 2.60. The first-order chi connectivity index (χ1) is 9.86. The molecule has 22 heavy (non-hydrogen) atoms. The number of nitrogens with zero attached hydrogens (tertiary/aromatic N) is 1. The van der Waals surface area contributed by atoms with Gasteiger partial charge >= 0.3 is 6.18 Å². The lowest BCUT2D eigenvalue weighted by atomic mass is 10.1. The highest BCUT2D eigenvalue weighted by Gasteiger charge is 2.36. The van der Waals surface area contributed by atoms with Crippen LogP contribution in [0.15, 0.2) is 36.4 Å². The molecule has 1 heterocycles. The number of rotatable bonds is 2. The molecule has 1 aliphatic rings. The zero-order chi connectivity index (χ0) is 15.2. The number of pyridine rings is 1. The highest BCUT2D eigenvalue weighted by atomic mass is 35.5. The number of hydrogen-bond donors (Lipinski definition) is 1. The van der Waals surface area contributed by atoms with Crippen LogP contribution in [0.5, 0.6) is 0 Å². The van der Waals surface area contributed by atoms with Gasteiger partial charge in [0.05, 0.1) is 11.3 Å². The van der Waals surface area contributed by atoms with E-state index in [0.717, 1.165) is 24.1 Å². The van der Waals surface area contributed by atoms with Gasteiger partial charge in [0.25, 0.3) is 0 Å². The summed E-state index contributed by atoms with van der Waals surface area (Å²) in [6.07, 6.45) is -3.51. The van der Waals surface area contributed by atoms with Gasteiger partial charge in [0.2, 0.25) is 0 Å². The van der Waals surface area contributed by atoms with E-state index >= 15 is 0 Å². The Morgan fingerprint density at radius 1 is 1.18 bits per heavy atom. The van der Waals surface area contributed by atoms with Crippen LogP contribution in [0.1, 0.15) is 23.5 Å². The highest BCUT2D eigenvalue weighted by molar-refractivity contribution is 6.30. The predicted octanol–water partition coefficient (Wildman–Crippen LogP) is 4.66. The molecule has 118 valence electrons. The molecule has 0 radical (unpaired) electrons. The second-order valence-corrected chi connectivity index (χ2v) is 5.52. The van der Waals surface area contributed by atoms with Crippen molar-refractivity contribution < 1.29 is 13.2 Å². The first-order valence-corrected chi connectivity index (χ1v) is 6.83. The van der Waals surface area contributed by atoms with Crippen LogP contribution in [0.4, 0.5) is 13.2 Å². The van der Waals surface area contributed by atoms with Gasteiger partial charge in [0, 0.05) is 17.5 Å². The molecular formula is C15H13Cl2F3N2. The molecule has 1 aromatic heterocycles. The molecule has 0 aliphatic heterocycles. The topological polar surface area (TPSA) is 38.9 Å². The molecule has 0 amide bonds. The van der Waals surface area contributed by atoms with Gasteiger partial charge in [-0.25, -0.2) is 4.98 Å². The van der Waals surface area contributed by atoms with E-state index in [-0.39, 0.29) is 24.4 Å². The molecule has 3 rings (SSSR count). The van der Waals surface area contributed by atoms with Crippen molar-refractivity contribution in [3.8, 4) is 11.3 Å². The summed E-state index contributed by atoms with van der Waals surface area (Å²) in [5.74, 6) is 0.209. The van der Waals surface area contributed by atoms with Gasteiger partial charge in [-0.05, 0) is 30.2 Å². The lowest BCUT2D eigenvalue weighted by molar-refractivity contribution is -0.137. The van der Waals surface area contributed by atoms with Crippen LogP contribution < -0.4 is 5.73 Å². The van der Waals surface area contributed by atoms with Crippen LogP contribution in [0.25, 0.3) is 11.3 Å². The number of nitrogens with two attached hydrogens (primary N) is 1. The lowest BCUT2D eigenvalue weighted by Crippen LogP contribution is -2.05. The van der Waals surface area contributed by atoms with Crippen LogP contribution in [-0.4, -0.2) is 11.0 Å². The van der Waals surface area contributed by atoms with Crippen molar-refractivity contribution in [2.24, 2.45) is 5.73 Å². The molecule has 2 aromatic rings. The monoisotopic (exact) mass is 348 g/mol. The number of benzene rings is 1. The molecule has 1 fully saturated rings. The Morgan fingerprint density at radius 2 is 1.86 bits per heavy atom. The van der Waals surface area contributed by atoms with Gasteiger partial charge in [-0.15, -0.1) is 12.4 Å². The Hall–Kier alpha value is -1.30. The van der Waals surface area contributed by atoms with E-state index < -0.39 is 11.7 Å². The van der Waals surface area contributed by atoms with Crippen molar-refractivity contribution in [3.63, 3.8) is 0 Å². The van der Waals surface area contributed by atoms with E-state index in [1.807, 2.05) is 0 Å². The maximum Gasteiger partial charge on any atom is 0.416 e. The van der Waals surface area contributed by atoms with Gasteiger partial charge in [0.15, 0.2) is 0 Å². The van der Waals surface area contributed by atoms with Crippen LogP contribution in [-0.2, 0) is 6.18 Å². The molecule has 2 unspecified atom stereocenters. The number of aromatic nitrogens is 1. The third kappa shape index (κ3) is 3.37. The number of hydrogen-bond acceptors (Lipinski definition) is 2. The summed E-state index contributed by atoms with van der Waals surface area (Å²) in [7, 11) is 0. The molecule has 2 atom stereocenters. The number of halogens is 5. The molecule has 1 aromatic carbocycles. The van der Waals surface area contributed by atoms with Crippen LogP contribution in [0.2, 0.25) is 5.15 Å². The Morgan fingerprint density at radius 3 is 2.41 bits per heavy atom. The van der Waals surface area contributed by atoms with Gasteiger partial charge in [-0.2, -0.15) is 13.2 Å². The largest absolute Gasteiger partial charge is 0.416 e. The van der Waals surface area contributed by atoms with Gasteiger partial charge in [-0.3, -0.25) is 0 Å². The van der Waals surface area contributed by atoms with Crippen molar-refractivity contribution in [2.45, 2.75) is 24.6 Å². The fourth-order valence-electron chi connectivity index (χ4n) is 2.31. The Bertz CT molecular complexity index is 689. The smallest absolute Gasteiger partial charge is 0.327 e. The Kier molecular flexibility index (Phi) is 4.70. The summed E-state index contributed by atoms with van der Waals surface area (Å²) in [6.45, 7) is 0. The molecule has 2 N–H and O–H groups in total. The van der Waals surface area contributed by atoms with Crippen molar-refractivity contribution in [1.29, 1.82) is 0 Å². The average Bonchev–Trinajstić information content (AvgIpc) is 3.14. The van der Waals surface area contributed by atoms with E-state index in [9.17, 15) is 13.2 Å². The van der Waals surface area contributed by atoms with Crippen molar-refractivity contribution in [2.75, 3.05) is 0 Å². The Labute approximate surface area is 136 Å². The van der Waals surface area contributed by atoms with E-state index in [1.54, 1.807) is 18.2 Å². The summed E-state index contributed by atoms with van der Waals surface area (Å²) in [4.78, 5) is 4.20. The maximum absolute atomic E-state index is 12.7. The van der Waals surface area contributed by atoms with Crippen molar-refractivity contribution in [3.05, 3.63) is 52.7 Å². The molecule has 0 spiro atoms. The predicted molar refractivity (Wildman–Crippen MR) is 82.3 cm³/mol. The number of alkyl halides is 3. The average molecular weight is 349 g/mol. The first kappa shape index (κ1) is 17.1. The quantitative estimate of drug-likeness (QED) is 0.801. The second kappa shape index (κ2) is 6.07. The molecule has 1 saturated carbocycles. The second-order valence-electron chi connectivity index (χ2n) is 5.16. The van der Waals surface area contributed by atoms with Gasteiger partial charge in [0.1, 0.15) is 5.15 Å². The van der Waals surface area contributed by atoms with Crippen molar-refractivity contribution in [1.82, 2.24) is 4.98 Å². The Balaban J connectivity index is 0.00000176. The standard InChI is InChI=1S/C15H12ClF3N2.ClH/c16-14-10(11-7-12(11)20)4-5-13(21-14)8-2-1-3-9(6-8)15(17,18)19;/h1-6,11-12H,7,20H2;1H. The summed E-state index contributed by atoms with van der Waals surface area (Å²) in [5.41, 5.74) is 6.74. The highest BCUT2D eigenvalue weighted by Crippen LogP contribution is 2.42. The summed E-state index contributed by atoms with van der Waals surface area (Å²) in [6, 6.07) is 8.62. The molecule has 0 bridgehead atoms. The minimum atomic E-state index is -4.37. The third-order valence-electron chi connectivity index (χ3n) is 3.60. The normalized spacial score (nSPS) is 20.4. The zero-order valence-corrected chi connectivity index (χ0v) is 12.8. The lowest BCUT2D eigenvalue weighted by Gasteiger charge is -2.09. The maximum atomic E-state index is 12.7. The van der Waals surface area contributed by atoms with Gasteiger partial charge < -0.3 is 5.73 Å². The van der Waals surface area contributed by atoms with E-state index in [2.05, 4.69) is 4.98 Å². The van der Waals surface area contributed by atoms with Crippen LogP contribution in [0.3, 0.4) is 0 Å².